The molecule has 0 radical (unpaired) electrons. The first-order valence-corrected chi connectivity index (χ1v) is 41.1. The molecule has 0 aliphatic rings. The fraction of sp³-hybridized carbons (Fsp3) is 0.444. The Balaban J connectivity index is -0.000000413. The van der Waals surface area contributed by atoms with Gasteiger partial charge in [-0.1, -0.05) is 107 Å². The summed E-state index contributed by atoms with van der Waals surface area (Å²) in [7, 11) is 3.26. The van der Waals surface area contributed by atoms with Crippen molar-refractivity contribution in [3.63, 3.8) is 0 Å². The molecule has 5 rings (SSSR count). The van der Waals surface area contributed by atoms with Crippen LogP contribution in [-0.2, 0) is 93.8 Å². The van der Waals surface area contributed by atoms with Crippen LogP contribution in [0.2, 0.25) is 0 Å². The highest BCUT2D eigenvalue weighted by molar-refractivity contribution is 8.51. The highest BCUT2D eigenvalue weighted by atomic mass is 33.2. The Hall–Kier alpha value is -9.02. The van der Waals surface area contributed by atoms with Gasteiger partial charge in [0.1, 0.15) is 116 Å². The van der Waals surface area contributed by atoms with Crippen molar-refractivity contribution in [3.05, 3.63) is 131 Å². The van der Waals surface area contributed by atoms with Gasteiger partial charge in [0.05, 0.1) is 46.2 Å². The Kier molecular flexibility index (Phi) is 68.3. The van der Waals surface area contributed by atoms with Gasteiger partial charge in [-0.15, -0.1) is 0 Å². The van der Waals surface area contributed by atoms with Crippen molar-refractivity contribution >= 4 is 107 Å². The summed E-state index contributed by atoms with van der Waals surface area (Å²) in [6.07, 6.45) is 12.2. The molecule has 0 heterocycles. The average Bonchev–Trinajstić information content (AvgIpc) is 0.768. The summed E-state index contributed by atoms with van der Waals surface area (Å²) in [6, 6.07) is 14.0. The van der Waals surface area contributed by atoms with E-state index in [0.717, 1.165) is 78.8 Å². The van der Waals surface area contributed by atoms with Gasteiger partial charge < -0.3 is 38.3 Å². The second-order valence-electron chi connectivity index (χ2n) is 20.9. The van der Waals surface area contributed by atoms with Crippen molar-refractivity contribution in [1.82, 2.24) is 0 Å². The molecule has 41 heteroatoms. The van der Waals surface area contributed by atoms with Crippen LogP contribution in [0, 0.1) is 189 Å². The van der Waals surface area contributed by atoms with Crippen molar-refractivity contribution < 1.29 is 95.3 Å². The van der Waals surface area contributed by atoms with Crippen molar-refractivity contribution in [3.8, 4) is 101 Å². The molecule has 0 aromatic heterocycles. The van der Waals surface area contributed by atoms with E-state index in [-0.39, 0.29) is 76.8 Å². The molecule has 1 N–H and O–H groups in total. The number of benzene rings is 5. The topological polar surface area (TPSA) is 323 Å². The van der Waals surface area contributed by atoms with Gasteiger partial charge in [0.2, 0.25) is 0 Å². The molecule has 113 heavy (non-hydrogen) atoms. The number of ether oxygens (including phenoxy) is 7. The van der Waals surface area contributed by atoms with Crippen LogP contribution < -0.4 is 33.2 Å². The van der Waals surface area contributed by atoms with Crippen molar-refractivity contribution in [2.45, 2.75) is 158 Å². The fourth-order valence-corrected chi connectivity index (χ4v) is 7.54. The molecule has 0 atom stereocenters. The van der Waals surface area contributed by atoms with Gasteiger partial charge in [0.25, 0.3) is 0 Å². The van der Waals surface area contributed by atoms with Crippen LogP contribution in [0.15, 0.2) is 0 Å². The fourth-order valence-electron chi connectivity index (χ4n) is 7.54. The Labute approximate surface area is 693 Å². The lowest BCUT2D eigenvalue weighted by atomic mass is 10.1. The number of unbranched alkanes of at least 4 members (excludes halogenated alkanes) is 8. The van der Waals surface area contributed by atoms with Gasteiger partial charge in [-0.25, -0.2) is 57.1 Å². The summed E-state index contributed by atoms with van der Waals surface area (Å²) in [5.41, 5.74) is -8.12. The molecule has 0 saturated heterocycles. The van der Waals surface area contributed by atoms with Gasteiger partial charge in [-0.05, 0) is 51.4 Å². The molecular formula is C72H75F13N10O8S10. The first kappa shape index (κ1) is 113. The molecule has 0 fully saturated rings. The van der Waals surface area contributed by atoms with Crippen LogP contribution in [0.1, 0.15) is 214 Å². The summed E-state index contributed by atoms with van der Waals surface area (Å²) in [6.45, 7) is 17.0. The van der Waals surface area contributed by atoms with Gasteiger partial charge in [0, 0.05) is 100 Å². The lowest BCUT2D eigenvalue weighted by Crippen LogP contribution is -2.09. The number of halogens is 13. The van der Waals surface area contributed by atoms with Crippen LogP contribution in [0.25, 0.3) is 0 Å². The Morgan fingerprint density at radius 3 is 0.540 bits per heavy atom. The monoisotopic (exact) mass is 1770 g/mol. The molecule has 5 aromatic rings. The van der Waals surface area contributed by atoms with Gasteiger partial charge in [-0.3, -0.25) is 0 Å². The molecule has 0 spiro atoms. The van der Waals surface area contributed by atoms with Crippen LogP contribution >= 0.6 is 13.5 Å². The summed E-state index contributed by atoms with van der Waals surface area (Å²) in [5, 5.41) is 96.0. The molecule has 18 nitrogen and oxygen atoms in total. The second kappa shape index (κ2) is 68.6. The largest absolute Gasteiger partial charge is 0.489 e. The third-order valence-electron chi connectivity index (χ3n) is 13.3. The van der Waals surface area contributed by atoms with Gasteiger partial charge >= 0.3 is 0 Å². The van der Waals surface area contributed by atoms with E-state index < -0.39 is 154 Å². The third-order valence-corrected chi connectivity index (χ3v) is 15.5. The Morgan fingerprint density at radius 2 is 0.381 bits per heavy atom. The minimum absolute atomic E-state index is 0. The maximum absolute atomic E-state index is 14.4. The molecule has 5 aromatic carbocycles. The minimum atomic E-state index is -1.86. The highest BCUT2D eigenvalue weighted by Gasteiger charge is 2.32. The van der Waals surface area contributed by atoms with E-state index >= 15 is 0 Å². The molecule has 0 aliphatic heterocycles. The van der Waals surface area contributed by atoms with Crippen LogP contribution in [-0.4, -0.2) is 58.0 Å². The first-order valence-electron chi connectivity index (χ1n) is 33.1. The first-order chi connectivity index (χ1) is 53.7. The maximum Gasteiger partial charge on any atom is 0.188 e. The summed E-state index contributed by atoms with van der Waals surface area (Å²) in [4.78, 5) is 0. The standard InChI is InChI=1S/3C16H18F2N2O2.C12H9F3N2O.C8F4N2.C4H10O.S4.S3.S2.H2S/c1-3-5-7-21-15-11(9-19)14(18)16(22-8-6-4-2)12(10-20)13(15)17;1-3-5-7-21-15-11(9-19)13(17)14(18)12(10-20)16(15)22-8-6-4-2;1-3-5-7-21-15-12(10-20)16(22-8-6-4-2)14(18)11(9-19)13(15)17;1-2-3-4-18-12-8(6-17)10(14)9(13)7(5-16)11(12)15;9-5-3(1-13)6(10)8(12)4(2-14)7(5)11;1-2-3-4-5;1-3-4-2;1-3-2;1-2;/h3*3-8H2,1-2H3;2-4H2,1H3;;5H,2-4H2,1H3;;;;1H2. The van der Waals surface area contributed by atoms with E-state index in [1.54, 1.807) is 30.3 Å². The number of aliphatic hydroxyl groups excluding tert-OH is 1. The van der Waals surface area contributed by atoms with Crippen molar-refractivity contribution in [2.24, 2.45) is 0 Å². The SMILES string of the molecule is CCCCO.CCCCOc1c(C#N)c(F)c(F)c(C#N)c1OCCCC.CCCCOc1c(F)c(C#N)c(F)c(F)c1C#N.CCCCOc1c(F)c(C#N)c(F)c(OCCCC)c1C#N.CCCCOc1c(F)c(C#N)c(OCCCC)c(F)c1C#N.N#Cc1c(F)c(F)c(C#N)c(F)c1F.S.S=S.S=S=S.S=S=S=S. The molecule has 0 bridgehead atoms. The van der Waals surface area contributed by atoms with E-state index in [4.69, 9.17) is 85.6 Å². The predicted molar refractivity (Wildman–Crippen MR) is 420 cm³/mol. The zero-order chi connectivity index (χ0) is 86.4. The summed E-state index contributed by atoms with van der Waals surface area (Å²) >= 11 is 24.2. The van der Waals surface area contributed by atoms with E-state index in [1.807, 2.05) is 48.5 Å². The molecule has 0 amide bonds. The quantitative estimate of drug-likeness (QED) is 0.0253. The van der Waals surface area contributed by atoms with Crippen LogP contribution in [0.4, 0.5) is 57.1 Å². The number of nitrogens with zero attached hydrogens (tertiary/aromatic N) is 10. The van der Waals surface area contributed by atoms with Crippen molar-refractivity contribution in [2.75, 3.05) is 52.9 Å². The normalized spacial score (nSPS) is 9.17. The second-order valence-corrected chi connectivity index (χ2v) is 26.3. The average molecular weight is 1780 g/mol. The maximum atomic E-state index is 14.4. The highest BCUT2D eigenvalue weighted by Crippen LogP contribution is 2.41. The Morgan fingerprint density at radius 1 is 0.248 bits per heavy atom. The zero-order valence-corrected chi connectivity index (χ0v) is 70.2. The summed E-state index contributed by atoms with van der Waals surface area (Å²) < 4.78 is 213. The number of nitriles is 10. The van der Waals surface area contributed by atoms with Crippen LogP contribution in [0.5, 0.6) is 40.2 Å². The lowest BCUT2D eigenvalue weighted by Gasteiger charge is -2.16. The van der Waals surface area contributed by atoms with E-state index in [0.29, 0.717) is 51.6 Å². The van der Waals surface area contributed by atoms with Gasteiger partial charge in [0.15, 0.2) is 116 Å². The molecule has 0 unspecified atom stereocenters. The third kappa shape index (κ3) is 36.8. The molecule has 612 valence electrons. The number of aliphatic hydroxyl groups is 1. The minimum Gasteiger partial charge on any atom is -0.489 e. The lowest BCUT2D eigenvalue weighted by molar-refractivity contribution is 0.257. The number of hydrogen-bond acceptors (Lipinski definition) is 24. The number of rotatable bonds is 30. The predicted octanol–water partition coefficient (Wildman–Crippen LogP) is 18.1. The smallest absolute Gasteiger partial charge is 0.188 e. The van der Waals surface area contributed by atoms with E-state index in [1.165, 1.54) is 36.0 Å². The Bertz CT molecular complexity index is 4210. The zero-order valence-electron chi connectivity index (χ0n) is 61.8. The van der Waals surface area contributed by atoms with E-state index in [9.17, 15) is 62.3 Å². The van der Waals surface area contributed by atoms with Crippen molar-refractivity contribution in [1.29, 1.82) is 52.6 Å². The van der Waals surface area contributed by atoms with E-state index in [2.05, 4.69) is 74.1 Å². The number of hydrogen-bond donors (Lipinski definition) is 1. The molecule has 0 saturated carbocycles. The molecular weight excluding hydrogens is 1700 g/mol. The van der Waals surface area contributed by atoms with Crippen LogP contribution in [0.3, 0.4) is 0 Å². The summed E-state index contributed by atoms with van der Waals surface area (Å²) in [5.74, 6) is -22.2. The molecule has 0 aliphatic carbocycles. The van der Waals surface area contributed by atoms with Gasteiger partial charge in [-0.2, -0.15) is 66.1 Å².